The molecule has 9 heteroatoms. The van der Waals surface area contributed by atoms with Gasteiger partial charge < -0.3 is 14.4 Å². The van der Waals surface area contributed by atoms with Crippen molar-refractivity contribution in [1.29, 1.82) is 0 Å². The van der Waals surface area contributed by atoms with Crippen LogP contribution in [0.25, 0.3) is 11.3 Å². The van der Waals surface area contributed by atoms with Gasteiger partial charge in [-0.05, 0) is 6.07 Å². The second-order valence-electron chi connectivity index (χ2n) is 5.93. The number of aromatic nitrogens is 2. The first-order valence-corrected chi connectivity index (χ1v) is 9.52. The number of sulfone groups is 1. The van der Waals surface area contributed by atoms with Gasteiger partial charge in [-0.1, -0.05) is 12.1 Å². The average Bonchev–Trinajstić information content (AvgIpc) is 3.04. The number of hydrogen-bond acceptors (Lipinski definition) is 6. The molecular weight excluding hydrogens is 346 g/mol. The van der Waals surface area contributed by atoms with E-state index >= 15 is 0 Å². The van der Waals surface area contributed by atoms with E-state index in [0.717, 1.165) is 0 Å². The van der Waals surface area contributed by atoms with Gasteiger partial charge in [-0.2, -0.15) is 5.10 Å². The van der Waals surface area contributed by atoms with Crippen LogP contribution >= 0.6 is 0 Å². The first-order valence-electron chi connectivity index (χ1n) is 7.87. The molecule has 3 heterocycles. The van der Waals surface area contributed by atoms with Crippen molar-refractivity contribution in [3.63, 3.8) is 0 Å². The van der Waals surface area contributed by atoms with E-state index in [-0.39, 0.29) is 28.0 Å². The van der Waals surface area contributed by atoms with Crippen LogP contribution < -0.4 is 4.74 Å². The smallest absolute Gasteiger partial charge is 0.272 e. The third-order valence-electron chi connectivity index (χ3n) is 4.48. The van der Waals surface area contributed by atoms with Crippen molar-refractivity contribution < 1.29 is 22.7 Å². The summed E-state index contributed by atoms with van der Waals surface area (Å²) in [5, 5.41) is 6.97. The molecule has 4 rings (SSSR count). The molecule has 1 aromatic carbocycles. The number of nitrogens with zero attached hydrogens (tertiary/aromatic N) is 2. The summed E-state index contributed by atoms with van der Waals surface area (Å²) in [5.74, 6) is -0.247. The second kappa shape index (κ2) is 5.85. The van der Waals surface area contributed by atoms with E-state index in [1.807, 2.05) is 0 Å². The molecule has 0 saturated carbocycles. The van der Waals surface area contributed by atoms with E-state index in [1.54, 1.807) is 23.1 Å². The van der Waals surface area contributed by atoms with Gasteiger partial charge in [-0.25, -0.2) is 8.42 Å². The van der Waals surface area contributed by atoms with Gasteiger partial charge in [-0.15, -0.1) is 0 Å². The molecule has 2 aliphatic heterocycles. The van der Waals surface area contributed by atoms with E-state index in [4.69, 9.17) is 9.47 Å². The molecule has 1 amide bonds. The summed E-state index contributed by atoms with van der Waals surface area (Å²) in [4.78, 5) is 14.5. The van der Waals surface area contributed by atoms with Crippen LogP contribution in [0.1, 0.15) is 16.1 Å². The number of hydrogen-bond donors (Lipinski definition) is 1. The third-order valence-corrected chi connectivity index (χ3v) is 6.19. The van der Waals surface area contributed by atoms with Crippen LogP contribution in [0.3, 0.4) is 0 Å². The van der Waals surface area contributed by atoms with Crippen LogP contribution in [0.5, 0.6) is 5.75 Å². The summed E-state index contributed by atoms with van der Waals surface area (Å²) in [6, 6.07) is 4.99. The lowest BCUT2D eigenvalue weighted by atomic mass is 10.1. The number of amides is 1. The maximum Gasteiger partial charge on any atom is 0.272 e. The molecule has 132 valence electrons. The second-order valence-corrected chi connectivity index (χ2v) is 7.85. The summed E-state index contributed by atoms with van der Waals surface area (Å²) in [7, 11) is -2.21. The molecule has 2 aliphatic rings. The predicted molar refractivity (Wildman–Crippen MR) is 88.2 cm³/mol. The van der Waals surface area contributed by atoms with Gasteiger partial charge in [0.15, 0.2) is 9.84 Å². The standard InChI is InChI=1S/C16H17N3O5S/c1-23-12-4-2-3-10-13-11(9-25(21,22)15(10)12)14(18-17-13)16(20)19-5-7-24-8-6-19/h2-4H,5-9H2,1H3,(H,17,18). The third kappa shape index (κ3) is 2.50. The molecule has 0 atom stereocenters. The number of H-pyrrole nitrogens is 1. The number of ether oxygens (including phenoxy) is 2. The number of benzene rings is 1. The van der Waals surface area contributed by atoms with Gasteiger partial charge in [0.1, 0.15) is 16.3 Å². The SMILES string of the molecule is COc1cccc2c1S(=O)(=O)Cc1c-2n[nH]c1C(=O)N1CCOCC1. The van der Waals surface area contributed by atoms with Crippen LogP contribution in [0, 0.1) is 0 Å². The molecule has 1 aromatic heterocycles. The zero-order valence-electron chi connectivity index (χ0n) is 13.6. The van der Waals surface area contributed by atoms with E-state index in [2.05, 4.69) is 10.2 Å². The molecule has 2 aromatic rings. The van der Waals surface area contributed by atoms with Gasteiger partial charge in [-0.3, -0.25) is 9.89 Å². The lowest BCUT2D eigenvalue weighted by molar-refractivity contribution is 0.0298. The molecule has 0 radical (unpaired) electrons. The highest BCUT2D eigenvalue weighted by molar-refractivity contribution is 7.91. The Balaban J connectivity index is 1.83. The maximum atomic E-state index is 12.8. The monoisotopic (exact) mass is 363 g/mol. The fraction of sp³-hybridized carbons (Fsp3) is 0.375. The highest BCUT2D eigenvalue weighted by Gasteiger charge is 2.37. The Labute approximate surface area is 144 Å². The Morgan fingerprint density at radius 1 is 1.32 bits per heavy atom. The summed E-state index contributed by atoms with van der Waals surface area (Å²) in [5.41, 5.74) is 1.59. The molecule has 1 saturated heterocycles. The molecule has 1 N–H and O–H groups in total. The number of rotatable bonds is 2. The van der Waals surface area contributed by atoms with Crippen LogP contribution in [-0.2, 0) is 20.3 Å². The van der Waals surface area contributed by atoms with Crippen molar-refractivity contribution in [2.45, 2.75) is 10.6 Å². The molecule has 8 nitrogen and oxygen atoms in total. The minimum absolute atomic E-state index is 0.127. The minimum atomic E-state index is -3.64. The molecule has 1 fully saturated rings. The fourth-order valence-electron chi connectivity index (χ4n) is 3.28. The Bertz CT molecular complexity index is 945. The molecule has 0 aliphatic carbocycles. The predicted octanol–water partition coefficient (Wildman–Crippen LogP) is 0.845. The van der Waals surface area contributed by atoms with Crippen molar-refractivity contribution in [2.24, 2.45) is 0 Å². The van der Waals surface area contributed by atoms with Crippen LogP contribution in [0.15, 0.2) is 23.1 Å². The first kappa shape index (κ1) is 16.1. The van der Waals surface area contributed by atoms with Crippen LogP contribution in [0.2, 0.25) is 0 Å². The highest BCUT2D eigenvalue weighted by atomic mass is 32.2. The Morgan fingerprint density at radius 2 is 2.08 bits per heavy atom. The molecule has 0 unspecified atom stereocenters. The number of methoxy groups -OCH3 is 1. The van der Waals surface area contributed by atoms with E-state index in [1.165, 1.54) is 7.11 Å². The maximum absolute atomic E-state index is 12.8. The number of morpholine rings is 1. The number of fused-ring (bicyclic) bond motifs is 3. The van der Waals surface area contributed by atoms with Gasteiger partial charge in [0.25, 0.3) is 5.91 Å². The van der Waals surface area contributed by atoms with Crippen molar-refractivity contribution in [3.8, 4) is 17.0 Å². The first-order chi connectivity index (χ1) is 12.0. The summed E-state index contributed by atoms with van der Waals surface area (Å²) < 4.78 is 36.1. The molecule has 0 bridgehead atoms. The number of carbonyl (C=O) groups is 1. The minimum Gasteiger partial charge on any atom is -0.495 e. The van der Waals surface area contributed by atoms with E-state index in [0.29, 0.717) is 43.1 Å². The fourth-order valence-corrected chi connectivity index (χ4v) is 5.04. The van der Waals surface area contributed by atoms with Gasteiger partial charge in [0.2, 0.25) is 0 Å². The normalized spacial score (nSPS) is 18.4. The van der Waals surface area contributed by atoms with Gasteiger partial charge >= 0.3 is 0 Å². The van der Waals surface area contributed by atoms with E-state index < -0.39 is 9.84 Å². The lowest BCUT2D eigenvalue weighted by Crippen LogP contribution is -2.41. The van der Waals surface area contributed by atoms with Crippen molar-refractivity contribution in [1.82, 2.24) is 15.1 Å². The van der Waals surface area contributed by atoms with Crippen molar-refractivity contribution in [2.75, 3.05) is 33.4 Å². The summed E-state index contributed by atoms with van der Waals surface area (Å²) in [6.45, 7) is 1.90. The van der Waals surface area contributed by atoms with Crippen molar-refractivity contribution >= 4 is 15.7 Å². The van der Waals surface area contributed by atoms with Gasteiger partial charge in [0.05, 0.1) is 31.8 Å². The van der Waals surface area contributed by atoms with Gasteiger partial charge in [0, 0.05) is 24.2 Å². The zero-order chi connectivity index (χ0) is 17.6. The number of aromatic amines is 1. The number of nitrogens with one attached hydrogen (secondary N) is 1. The Morgan fingerprint density at radius 3 is 2.80 bits per heavy atom. The lowest BCUT2D eigenvalue weighted by Gasteiger charge is -2.27. The molecule has 0 spiro atoms. The molecule has 25 heavy (non-hydrogen) atoms. The Kier molecular flexibility index (Phi) is 3.77. The largest absolute Gasteiger partial charge is 0.495 e. The van der Waals surface area contributed by atoms with Crippen LogP contribution in [0.4, 0.5) is 0 Å². The average molecular weight is 363 g/mol. The quantitative estimate of drug-likeness (QED) is 0.849. The van der Waals surface area contributed by atoms with Crippen molar-refractivity contribution in [3.05, 3.63) is 29.5 Å². The summed E-state index contributed by atoms with van der Waals surface area (Å²) >= 11 is 0. The summed E-state index contributed by atoms with van der Waals surface area (Å²) in [6.07, 6.45) is 0. The number of carbonyl (C=O) groups excluding carboxylic acids is 1. The topological polar surface area (TPSA) is 102 Å². The highest BCUT2D eigenvalue weighted by Crippen LogP contribution is 2.42. The Hall–Kier alpha value is -2.39. The molecular formula is C16H17N3O5S. The van der Waals surface area contributed by atoms with E-state index in [9.17, 15) is 13.2 Å². The zero-order valence-corrected chi connectivity index (χ0v) is 14.4. The van der Waals surface area contributed by atoms with Crippen LogP contribution in [-0.4, -0.2) is 62.8 Å².